The Morgan fingerprint density at radius 2 is 2.00 bits per heavy atom. The minimum Gasteiger partial charge on any atom is -0.506 e. The molecular weight excluding hydrogens is 287 g/mol. The first-order valence-electron chi connectivity index (χ1n) is 3.29. The summed E-state index contributed by atoms with van der Waals surface area (Å²) in [6, 6.07) is 5.27. The van der Waals surface area contributed by atoms with Crippen LogP contribution in [-0.2, 0) is 0 Å². The maximum absolute atomic E-state index is 9.40. The molecule has 0 atom stereocenters. The number of rotatable bonds is 0. The molecule has 0 fully saturated rings. The predicted octanol–water partition coefficient (Wildman–Crippen LogP) is 2.92. The number of hydrogen-bond acceptors (Lipinski definition) is 3. The van der Waals surface area contributed by atoms with E-state index in [4.69, 9.17) is 0 Å². The van der Waals surface area contributed by atoms with Gasteiger partial charge in [0.2, 0.25) is 0 Å². The maximum atomic E-state index is 9.40. The second kappa shape index (κ2) is 2.77. The lowest BCUT2D eigenvalue weighted by Crippen LogP contribution is -1.67. The number of fused-ring (bicyclic) bond motifs is 1. The summed E-state index contributed by atoms with van der Waals surface area (Å²) in [6.45, 7) is 0. The Morgan fingerprint density at radius 1 is 1.25 bits per heavy atom. The first kappa shape index (κ1) is 8.12. The molecule has 0 amide bonds. The molecule has 2 nitrogen and oxygen atoms in total. The van der Waals surface area contributed by atoms with E-state index >= 15 is 0 Å². The largest absolute Gasteiger partial charge is 0.506 e. The first-order valence-corrected chi connectivity index (χ1v) is 5.18. The van der Waals surface area contributed by atoms with Crippen molar-refractivity contribution in [3.05, 3.63) is 21.8 Å². The van der Waals surface area contributed by atoms with Crippen LogP contribution < -0.4 is 0 Å². The number of thiophene rings is 1. The third-order valence-corrected chi connectivity index (χ3v) is 4.11. The van der Waals surface area contributed by atoms with Crippen LogP contribution in [0.4, 0.5) is 0 Å². The lowest BCUT2D eigenvalue weighted by molar-refractivity contribution is 0.482. The second-order valence-corrected chi connectivity index (χ2v) is 4.45. The van der Waals surface area contributed by atoms with Gasteiger partial charge in [-0.1, -0.05) is 23.5 Å². The number of halogens is 1. The highest BCUT2D eigenvalue weighted by atomic mass is 127. The lowest BCUT2D eigenvalue weighted by atomic mass is 10.2. The molecule has 0 saturated heterocycles. The zero-order chi connectivity index (χ0) is 8.72. The molecule has 62 valence electrons. The minimum absolute atomic E-state index is 0.232. The first-order chi connectivity index (χ1) is 5.70. The molecule has 0 saturated carbocycles. The van der Waals surface area contributed by atoms with Gasteiger partial charge in [-0.05, 0) is 28.7 Å². The van der Waals surface area contributed by atoms with E-state index < -0.39 is 0 Å². The summed E-state index contributed by atoms with van der Waals surface area (Å²) < 4.78 is 1.56. The normalized spacial score (nSPS) is 10.8. The molecule has 1 aromatic heterocycles. The van der Waals surface area contributed by atoms with Gasteiger partial charge in [-0.3, -0.25) is 0 Å². The monoisotopic (exact) mass is 292 g/mol. The third-order valence-electron chi connectivity index (χ3n) is 1.62. The van der Waals surface area contributed by atoms with Crippen molar-refractivity contribution in [3.8, 4) is 10.8 Å². The van der Waals surface area contributed by atoms with Crippen molar-refractivity contribution in [1.82, 2.24) is 0 Å². The average Bonchev–Trinajstić information content (AvgIpc) is 2.32. The minimum atomic E-state index is 0.232. The molecule has 0 spiro atoms. The van der Waals surface area contributed by atoms with E-state index in [0.29, 0.717) is 0 Å². The smallest absolute Gasteiger partial charge is 0.186 e. The highest BCUT2D eigenvalue weighted by Gasteiger charge is 2.10. The van der Waals surface area contributed by atoms with Gasteiger partial charge in [0.25, 0.3) is 0 Å². The molecule has 4 heteroatoms. The zero-order valence-corrected chi connectivity index (χ0v) is 8.89. The van der Waals surface area contributed by atoms with Gasteiger partial charge in [0.05, 0.1) is 8.27 Å². The van der Waals surface area contributed by atoms with Crippen LogP contribution in [0.1, 0.15) is 0 Å². The van der Waals surface area contributed by atoms with Gasteiger partial charge in [0, 0.05) is 5.39 Å². The van der Waals surface area contributed by atoms with E-state index in [1.165, 1.54) is 11.3 Å². The zero-order valence-electron chi connectivity index (χ0n) is 5.91. The van der Waals surface area contributed by atoms with Gasteiger partial charge in [0.1, 0.15) is 5.75 Å². The molecule has 0 radical (unpaired) electrons. The van der Waals surface area contributed by atoms with Gasteiger partial charge in [-0.25, -0.2) is 0 Å². The Kier molecular flexibility index (Phi) is 1.88. The Morgan fingerprint density at radius 3 is 2.67 bits per heavy atom. The number of aromatic hydroxyl groups is 2. The van der Waals surface area contributed by atoms with Crippen molar-refractivity contribution in [3.63, 3.8) is 0 Å². The fraction of sp³-hybridized carbons (Fsp3) is 0. The topological polar surface area (TPSA) is 40.5 Å². The Labute approximate surface area is 86.6 Å². The highest BCUT2D eigenvalue weighted by molar-refractivity contribution is 14.1. The summed E-state index contributed by atoms with van der Waals surface area (Å²) >= 11 is 3.27. The van der Waals surface area contributed by atoms with E-state index in [1.54, 1.807) is 12.1 Å². The average molecular weight is 292 g/mol. The van der Waals surface area contributed by atoms with E-state index in [0.717, 1.165) is 13.7 Å². The van der Waals surface area contributed by atoms with Crippen molar-refractivity contribution >= 4 is 44.0 Å². The number of phenolic OH excluding ortho intramolecular Hbond substituents is 1. The fourth-order valence-corrected chi connectivity index (χ4v) is 2.87. The van der Waals surface area contributed by atoms with E-state index in [2.05, 4.69) is 22.6 Å². The van der Waals surface area contributed by atoms with Gasteiger partial charge < -0.3 is 10.2 Å². The summed E-state index contributed by atoms with van der Waals surface area (Å²) in [4.78, 5) is 0. The SMILES string of the molecule is Oc1sc2c(O)cccc2c1I. The number of benzene rings is 1. The summed E-state index contributed by atoms with van der Waals surface area (Å²) in [6.07, 6.45) is 0. The summed E-state index contributed by atoms with van der Waals surface area (Å²) in [5.41, 5.74) is 0. The van der Waals surface area contributed by atoms with E-state index in [1.807, 2.05) is 6.07 Å². The van der Waals surface area contributed by atoms with Crippen LogP contribution in [0, 0.1) is 3.57 Å². The second-order valence-electron chi connectivity index (χ2n) is 2.38. The third kappa shape index (κ3) is 1.06. The Balaban J connectivity index is 2.95. The number of hydrogen-bond donors (Lipinski definition) is 2. The van der Waals surface area contributed by atoms with Crippen LogP contribution in [0.3, 0.4) is 0 Å². The Bertz CT molecular complexity index is 436. The fourth-order valence-electron chi connectivity index (χ4n) is 1.06. The van der Waals surface area contributed by atoms with E-state index in [9.17, 15) is 10.2 Å². The molecule has 12 heavy (non-hydrogen) atoms. The van der Waals surface area contributed by atoms with Crippen molar-refractivity contribution in [2.24, 2.45) is 0 Å². The van der Waals surface area contributed by atoms with Gasteiger partial charge in [-0.15, -0.1) is 0 Å². The van der Waals surface area contributed by atoms with Crippen molar-refractivity contribution in [2.75, 3.05) is 0 Å². The van der Waals surface area contributed by atoms with Gasteiger partial charge in [-0.2, -0.15) is 0 Å². The van der Waals surface area contributed by atoms with Gasteiger partial charge >= 0.3 is 0 Å². The molecule has 1 aromatic carbocycles. The molecule has 0 bridgehead atoms. The van der Waals surface area contributed by atoms with Crippen LogP contribution in [0.2, 0.25) is 0 Å². The van der Waals surface area contributed by atoms with Crippen molar-refractivity contribution < 1.29 is 10.2 Å². The quantitative estimate of drug-likeness (QED) is 0.733. The molecule has 0 aliphatic heterocycles. The maximum Gasteiger partial charge on any atom is 0.186 e. The van der Waals surface area contributed by atoms with Crippen LogP contribution in [0.5, 0.6) is 10.8 Å². The standard InChI is InChI=1S/C8H5IO2S/c9-6-4-2-1-3-5(10)7(4)12-8(6)11/h1-3,10-11H. The molecule has 2 rings (SSSR count). The van der Waals surface area contributed by atoms with Crippen LogP contribution in [0.15, 0.2) is 18.2 Å². The molecule has 1 heterocycles. The van der Waals surface area contributed by atoms with Crippen molar-refractivity contribution in [2.45, 2.75) is 0 Å². The summed E-state index contributed by atoms with van der Waals surface area (Å²) in [5, 5.41) is 20.0. The van der Waals surface area contributed by atoms with Gasteiger partial charge in [0.15, 0.2) is 5.06 Å². The lowest BCUT2D eigenvalue weighted by Gasteiger charge is -1.91. The highest BCUT2D eigenvalue weighted by Crippen LogP contribution is 2.41. The van der Waals surface area contributed by atoms with Crippen molar-refractivity contribution in [1.29, 1.82) is 0 Å². The number of phenols is 1. The molecule has 2 N–H and O–H groups in total. The summed E-state index contributed by atoms with van der Waals surface area (Å²) in [5.74, 6) is 0.232. The molecule has 0 aliphatic carbocycles. The predicted molar refractivity (Wildman–Crippen MR) is 57.9 cm³/mol. The van der Waals surface area contributed by atoms with E-state index in [-0.39, 0.29) is 10.8 Å². The molecule has 2 aromatic rings. The molecular formula is C8H5IO2S. The summed E-state index contributed by atoms with van der Waals surface area (Å²) in [7, 11) is 0. The van der Waals surface area contributed by atoms with Crippen LogP contribution in [0.25, 0.3) is 10.1 Å². The van der Waals surface area contributed by atoms with Crippen LogP contribution >= 0.6 is 33.9 Å². The Hall–Kier alpha value is -0.490. The van der Waals surface area contributed by atoms with Crippen LogP contribution in [-0.4, -0.2) is 10.2 Å². The molecule has 0 unspecified atom stereocenters. The molecule has 0 aliphatic rings.